The van der Waals surface area contributed by atoms with Crippen molar-refractivity contribution < 1.29 is 14.3 Å². The minimum Gasteiger partial charge on any atom is -0.487 e. The molecule has 2 N–H and O–H groups in total. The van der Waals surface area contributed by atoms with Crippen LogP contribution in [0.25, 0.3) is 11.1 Å². The van der Waals surface area contributed by atoms with Gasteiger partial charge in [0.05, 0.1) is 18.2 Å². The first-order valence-corrected chi connectivity index (χ1v) is 14.5. The number of rotatable bonds is 9. The van der Waals surface area contributed by atoms with Crippen molar-refractivity contribution >= 4 is 23.1 Å². The minimum atomic E-state index is -0.168. The lowest BCUT2D eigenvalue weighted by atomic mass is 9.90. The maximum atomic E-state index is 12.5. The Hall–Kier alpha value is -2.94. The highest BCUT2D eigenvalue weighted by atomic mass is 32.1. The summed E-state index contributed by atoms with van der Waals surface area (Å²) >= 11 is 1.80. The number of carbonyl (C=O) groups excluding carboxylic acids is 1. The van der Waals surface area contributed by atoms with E-state index in [4.69, 9.17) is 9.47 Å². The molecule has 3 heterocycles. The summed E-state index contributed by atoms with van der Waals surface area (Å²) < 4.78 is 11.9. The van der Waals surface area contributed by atoms with E-state index < -0.39 is 0 Å². The van der Waals surface area contributed by atoms with Gasteiger partial charge in [-0.1, -0.05) is 39.0 Å². The third-order valence-corrected chi connectivity index (χ3v) is 8.73. The van der Waals surface area contributed by atoms with Crippen LogP contribution in [0.15, 0.2) is 48.7 Å². The molecule has 2 aliphatic rings. The molecule has 0 spiro atoms. The lowest BCUT2D eigenvalue weighted by Crippen LogP contribution is -2.43. The second-order valence-corrected chi connectivity index (χ2v) is 11.6. The molecule has 1 unspecified atom stereocenters. The molecular formula is C30H38N4O3S. The summed E-state index contributed by atoms with van der Waals surface area (Å²) in [4.78, 5) is 20.1. The van der Waals surface area contributed by atoms with Crippen LogP contribution in [-0.4, -0.2) is 54.4 Å². The number of nitrogens with zero attached hydrogens (tertiary/aromatic N) is 2. The molecule has 1 fully saturated rings. The number of benzene rings is 2. The number of nitrogens with one attached hydrogen (secondary N) is 2. The Kier molecular flexibility index (Phi) is 8.31. The number of morpholine rings is 1. The normalized spacial score (nSPS) is 18.9. The zero-order valence-electron chi connectivity index (χ0n) is 22.6. The molecule has 1 atom stereocenters. The van der Waals surface area contributed by atoms with Crippen LogP contribution < -0.4 is 15.4 Å². The Balaban J connectivity index is 1.16. The van der Waals surface area contributed by atoms with E-state index >= 15 is 0 Å². The van der Waals surface area contributed by atoms with E-state index in [1.165, 1.54) is 15.4 Å². The maximum absolute atomic E-state index is 12.5. The third kappa shape index (κ3) is 6.20. The molecular weight excluding hydrogens is 496 g/mol. The lowest BCUT2D eigenvalue weighted by Gasteiger charge is -2.27. The van der Waals surface area contributed by atoms with Crippen molar-refractivity contribution in [1.82, 2.24) is 15.2 Å². The molecule has 2 aromatic carbocycles. The molecule has 5 rings (SSSR count). The number of anilines is 1. The lowest BCUT2D eigenvalue weighted by molar-refractivity contribution is 0.0564. The molecule has 0 aliphatic carbocycles. The zero-order chi connectivity index (χ0) is 26.5. The molecule has 8 heteroatoms. The first-order chi connectivity index (χ1) is 18.4. The van der Waals surface area contributed by atoms with Crippen molar-refractivity contribution in [3.63, 3.8) is 0 Å². The van der Waals surface area contributed by atoms with E-state index in [9.17, 15) is 4.79 Å². The van der Waals surface area contributed by atoms with Crippen LogP contribution in [0.2, 0.25) is 0 Å². The summed E-state index contributed by atoms with van der Waals surface area (Å²) in [5.74, 6) is 1.47. The van der Waals surface area contributed by atoms with Crippen LogP contribution in [0, 0.1) is 0 Å². The quantitative estimate of drug-likeness (QED) is 0.326. The SMILES string of the molecule is CCC1(CCNCc2cnc(C(C)C)s2)Cc2cc(-c3ccc(NC(=O)N4CCOCC4)cc3)ccc2O1. The van der Waals surface area contributed by atoms with Gasteiger partial charge in [0.2, 0.25) is 0 Å². The number of carbonyl (C=O) groups is 1. The number of hydrogen-bond acceptors (Lipinski definition) is 6. The topological polar surface area (TPSA) is 75.7 Å². The van der Waals surface area contributed by atoms with E-state index in [2.05, 4.69) is 66.7 Å². The minimum absolute atomic E-state index is 0.0755. The molecule has 2 amide bonds. The fourth-order valence-corrected chi connectivity index (χ4v) is 5.93. The summed E-state index contributed by atoms with van der Waals surface area (Å²) in [6, 6.07) is 14.5. The molecule has 7 nitrogen and oxygen atoms in total. The van der Waals surface area contributed by atoms with Crippen LogP contribution in [0.4, 0.5) is 10.5 Å². The summed E-state index contributed by atoms with van der Waals surface area (Å²) in [5.41, 5.74) is 4.18. The molecule has 0 radical (unpaired) electrons. The van der Waals surface area contributed by atoms with Crippen LogP contribution in [-0.2, 0) is 17.7 Å². The van der Waals surface area contributed by atoms with Crippen LogP contribution >= 0.6 is 11.3 Å². The Labute approximate surface area is 229 Å². The van der Waals surface area contributed by atoms with Crippen molar-refractivity contribution in [2.75, 3.05) is 38.2 Å². The Bertz CT molecular complexity index is 1240. The highest BCUT2D eigenvalue weighted by Crippen LogP contribution is 2.41. The molecule has 0 bridgehead atoms. The number of thiazole rings is 1. The number of urea groups is 1. The van der Waals surface area contributed by atoms with Gasteiger partial charge in [-0.05, 0) is 60.3 Å². The first kappa shape index (κ1) is 26.7. The zero-order valence-corrected chi connectivity index (χ0v) is 23.4. The average Bonchev–Trinajstić information content (AvgIpc) is 3.57. The van der Waals surface area contributed by atoms with Gasteiger partial charge in [0.25, 0.3) is 0 Å². The van der Waals surface area contributed by atoms with Crippen LogP contribution in [0.5, 0.6) is 5.75 Å². The number of ether oxygens (including phenoxy) is 2. The number of fused-ring (bicyclic) bond motifs is 1. The van der Waals surface area contributed by atoms with Gasteiger partial charge in [-0.2, -0.15) is 0 Å². The third-order valence-electron chi connectivity index (χ3n) is 7.43. The molecule has 1 saturated heterocycles. The molecule has 38 heavy (non-hydrogen) atoms. The van der Waals surface area contributed by atoms with Gasteiger partial charge >= 0.3 is 6.03 Å². The van der Waals surface area contributed by atoms with E-state index in [1.807, 2.05) is 18.3 Å². The average molecular weight is 535 g/mol. The smallest absolute Gasteiger partial charge is 0.321 e. The van der Waals surface area contributed by atoms with Gasteiger partial charge in [-0.3, -0.25) is 0 Å². The van der Waals surface area contributed by atoms with Crippen LogP contribution in [0.1, 0.15) is 55.0 Å². The van der Waals surface area contributed by atoms with Gasteiger partial charge in [-0.15, -0.1) is 11.3 Å². The molecule has 2 aliphatic heterocycles. The van der Waals surface area contributed by atoms with Crippen molar-refractivity contribution in [2.24, 2.45) is 0 Å². The number of aromatic nitrogens is 1. The van der Waals surface area contributed by atoms with Crippen molar-refractivity contribution in [3.05, 3.63) is 64.1 Å². The van der Waals surface area contributed by atoms with Gasteiger partial charge in [0.1, 0.15) is 11.4 Å². The van der Waals surface area contributed by atoms with E-state index in [1.54, 1.807) is 16.2 Å². The second-order valence-electron chi connectivity index (χ2n) is 10.5. The maximum Gasteiger partial charge on any atom is 0.321 e. The highest BCUT2D eigenvalue weighted by Gasteiger charge is 2.37. The molecule has 202 valence electrons. The fourth-order valence-electron chi connectivity index (χ4n) is 5.04. The monoisotopic (exact) mass is 534 g/mol. The number of amides is 2. The summed E-state index contributed by atoms with van der Waals surface area (Å²) in [7, 11) is 0. The van der Waals surface area contributed by atoms with Gasteiger partial charge in [0.15, 0.2) is 0 Å². The fraction of sp³-hybridized carbons (Fsp3) is 0.467. The summed E-state index contributed by atoms with van der Waals surface area (Å²) in [6.07, 6.45) is 4.84. The van der Waals surface area contributed by atoms with E-state index in [-0.39, 0.29) is 11.6 Å². The second kappa shape index (κ2) is 11.8. The van der Waals surface area contributed by atoms with Gasteiger partial charge in [-0.25, -0.2) is 9.78 Å². The number of hydrogen-bond donors (Lipinski definition) is 2. The Morgan fingerprint density at radius 3 is 2.61 bits per heavy atom. The van der Waals surface area contributed by atoms with Crippen molar-refractivity contribution in [3.8, 4) is 16.9 Å². The largest absolute Gasteiger partial charge is 0.487 e. The van der Waals surface area contributed by atoms with Crippen molar-refractivity contribution in [2.45, 2.75) is 58.1 Å². The predicted molar refractivity (Wildman–Crippen MR) is 153 cm³/mol. The molecule has 1 aromatic heterocycles. The Morgan fingerprint density at radius 2 is 1.89 bits per heavy atom. The Morgan fingerprint density at radius 1 is 1.13 bits per heavy atom. The molecule has 0 saturated carbocycles. The standard InChI is InChI=1S/C30H38N4O3S/c1-4-30(11-12-31-19-26-20-32-28(38-26)21(2)3)18-24-17-23(7-10-27(24)37-30)22-5-8-25(9-6-22)33-29(35)34-13-15-36-16-14-34/h5-10,17,20-21,31H,4,11-16,18-19H2,1-3H3,(H,33,35). The molecule has 3 aromatic rings. The summed E-state index contributed by atoms with van der Waals surface area (Å²) in [5, 5.41) is 7.79. The predicted octanol–water partition coefficient (Wildman–Crippen LogP) is 6.06. The van der Waals surface area contributed by atoms with E-state index in [0.717, 1.165) is 54.9 Å². The van der Waals surface area contributed by atoms with Gasteiger partial charge in [0, 0.05) is 48.7 Å². The summed E-state index contributed by atoms with van der Waals surface area (Å²) in [6.45, 7) is 10.8. The van der Waals surface area contributed by atoms with Crippen molar-refractivity contribution in [1.29, 1.82) is 0 Å². The highest BCUT2D eigenvalue weighted by molar-refractivity contribution is 7.11. The first-order valence-electron chi connectivity index (χ1n) is 13.7. The van der Waals surface area contributed by atoms with Crippen LogP contribution in [0.3, 0.4) is 0 Å². The van der Waals surface area contributed by atoms with E-state index in [0.29, 0.717) is 32.2 Å². The van der Waals surface area contributed by atoms with Gasteiger partial charge < -0.3 is 25.0 Å².